The zero-order valence-electron chi connectivity index (χ0n) is 17.1. The lowest BCUT2D eigenvalue weighted by Crippen LogP contribution is -2.53. The number of anilines is 2. The number of aromatic nitrogens is 1. The van der Waals surface area contributed by atoms with Crippen molar-refractivity contribution in [1.29, 1.82) is 0 Å². The third kappa shape index (κ3) is 3.65. The second-order valence-corrected chi connectivity index (χ2v) is 7.94. The average Bonchev–Trinajstić information content (AvgIpc) is 3.32. The molecule has 0 unspecified atom stereocenters. The molecule has 1 fully saturated rings. The number of carbonyl (C=O) groups is 2. The number of carbonyl (C=O) groups excluding carboxylic acids is 2. The first kappa shape index (κ1) is 19.3. The van der Waals surface area contributed by atoms with Gasteiger partial charge in [-0.25, -0.2) is 4.98 Å². The summed E-state index contributed by atoms with van der Waals surface area (Å²) in [5.74, 6) is 0.566. The van der Waals surface area contributed by atoms with Crippen molar-refractivity contribution in [1.82, 2.24) is 10.3 Å². The summed E-state index contributed by atoms with van der Waals surface area (Å²) in [5.41, 5.74) is 2.70. The van der Waals surface area contributed by atoms with Crippen LogP contribution in [0.4, 0.5) is 11.5 Å². The summed E-state index contributed by atoms with van der Waals surface area (Å²) in [4.78, 5) is 34.6. The Kier molecular flexibility index (Phi) is 5.12. The summed E-state index contributed by atoms with van der Waals surface area (Å²) in [6, 6.07) is 22.9. The standard InChI is InChI=1S/C25H24N4O2/c30-22(27-23(18-9-3-1-4-10-18)19-11-5-2-6-12-19)17-29-20-13-7-15-26-24(20)28-16-8-14-21(28)25(29)31/h1-7,9-13,15,21,23H,8,14,16-17H2,(H,27,30)/t21-/m0/s1. The third-order valence-corrected chi connectivity index (χ3v) is 6.01. The molecule has 0 spiro atoms. The molecule has 3 aromatic rings. The minimum atomic E-state index is -0.286. The molecule has 1 saturated heterocycles. The number of nitrogens with one attached hydrogen (secondary N) is 1. The smallest absolute Gasteiger partial charge is 0.250 e. The lowest BCUT2D eigenvalue weighted by molar-refractivity contribution is -0.124. The van der Waals surface area contributed by atoms with Crippen molar-refractivity contribution >= 4 is 23.3 Å². The highest BCUT2D eigenvalue weighted by Gasteiger charge is 2.42. The predicted molar refractivity (Wildman–Crippen MR) is 120 cm³/mol. The van der Waals surface area contributed by atoms with Gasteiger partial charge in [0.2, 0.25) is 11.8 Å². The van der Waals surface area contributed by atoms with Gasteiger partial charge < -0.3 is 10.2 Å². The van der Waals surface area contributed by atoms with Crippen LogP contribution in [0.1, 0.15) is 30.0 Å². The Bertz CT molecular complexity index is 1050. The van der Waals surface area contributed by atoms with Crippen LogP contribution in [-0.2, 0) is 9.59 Å². The topological polar surface area (TPSA) is 65.5 Å². The molecular weight excluding hydrogens is 388 g/mol. The average molecular weight is 412 g/mol. The molecule has 156 valence electrons. The van der Waals surface area contributed by atoms with Crippen molar-refractivity contribution < 1.29 is 9.59 Å². The van der Waals surface area contributed by atoms with Crippen LogP contribution < -0.4 is 15.1 Å². The molecule has 3 heterocycles. The Hall–Kier alpha value is -3.67. The highest BCUT2D eigenvalue weighted by atomic mass is 16.2. The summed E-state index contributed by atoms with van der Waals surface area (Å²) < 4.78 is 0. The molecule has 1 atom stereocenters. The van der Waals surface area contributed by atoms with Crippen LogP contribution in [0.2, 0.25) is 0 Å². The molecule has 2 aliphatic heterocycles. The number of pyridine rings is 1. The van der Waals surface area contributed by atoms with E-state index in [1.54, 1.807) is 11.1 Å². The fraction of sp³-hybridized carbons (Fsp3) is 0.240. The van der Waals surface area contributed by atoms with Gasteiger partial charge in [0, 0.05) is 12.7 Å². The SMILES string of the molecule is O=C(CN1C(=O)[C@@H]2CCCN2c2ncccc21)NC(c1ccccc1)c1ccccc1. The number of benzene rings is 2. The highest BCUT2D eigenvalue weighted by molar-refractivity contribution is 6.08. The number of fused-ring (bicyclic) bond motifs is 3. The fourth-order valence-electron chi connectivity index (χ4n) is 4.56. The van der Waals surface area contributed by atoms with Gasteiger partial charge in [-0.2, -0.15) is 0 Å². The maximum Gasteiger partial charge on any atom is 0.250 e. The summed E-state index contributed by atoms with van der Waals surface area (Å²) in [6.07, 6.45) is 3.49. The maximum atomic E-state index is 13.2. The monoisotopic (exact) mass is 412 g/mol. The number of nitrogens with zero attached hydrogens (tertiary/aromatic N) is 3. The van der Waals surface area contributed by atoms with E-state index in [0.29, 0.717) is 5.69 Å². The number of hydrogen-bond donors (Lipinski definition) is 1. The van der Waals surface area contributed by atoms with Gasteiger partial charge in [0.1, 0.15) is 12.6 Å². The number of rotatable bonds is 5. The molecule has 0 saturated carbocycles. The van der Waals surface area contributed by atoms with Gasteiger partial charge in [-0.05, 0) is 36.1 Å². The summed E-state index contributed by atoms with van der Waals surface area (Å²) >= 11 is 0. The normalized spacial score (nSPS) is 17.5. The minimum Gasteiger partial charge on any atom is -0.344 e. The van der Waals surface area contributed by atoms with Gasteiger partial charge >= 0.3 is 0 Å². The molecular formula is C25H24N4O2. The van der Waals surface area contributed by atoms with Gasteiger partial charge in [0.25, 0.3) is 0 Å². The molecule has 1 N–H and O–H groups in total. The molecule has 0 aliphatic carbocycles. The molecule has 6 nitrogen and oxygen atoms in total. The zero-order valence-corrected chi connectivity index (χ0v) is 17.1. The van der Waals surface area contributed by atoms with E-state index in [-0.39, 0.29) is 30.4 Å². The Balaban J connectivity index is 1.41. The van der Waals surface area contributed by atoms with E-state index in [1.807, 2.05) is 72.8 Å². The van der Waals surface area contributed by atoms with Crippen molar-refractivity contribution in [3.8, 4) is 0 Å². The molecule has 0 radical (unpaired) electrons. The highest BCUT2D eigenvalue weighted by Crippen LogP contribution is 2.38. The molecule has 31 heavy (non-hydrogen) atoms. The molecule has 2 aromatic carbocycles. The van der Waals surface area contributed by atoms with Crippen LogP contribution in [-0.4, -0.2) is 35.9 Å². The Labute approximate surface area is 181 Å². The first-order chi connectivity index (χ1) is 15.2. The second kappa shape index (κ2) is 8.22. The zero-order chi connectivity index (χ0) is 21.2. The summed E-state index contributed by atoms with van der Waals surface area (Å²) in [6.45, 7) is 0.794. The van der Waals surface area contributed by atoms with Gasteiger partial charge in [-0.3, -0.25) is 14.5 Å². The van der Waals surface area contributed by atoms with E-state index in [9.17, 15) is 9.59 Å². The van der Waals surface area contributed by atoms with Crippen molar-refractivity contribution in [2.75, 3.05) is 22.9 Å². The molecule has 5 rings (SSSR count). The lowest BCUT2D eigenvalue weighted by Gasteiger charge is -2.38. The number of hydrogen-bond acceptors (Lipinski definition) is 4. The van der Waals surface area contributed by atoms with Crippen LogP contribution in [0.3, 0.4) is 0 Å². The van der Waals surface area contributed by atoms with Gasteiger partial charge in [-0.1, -0.05) is 60.7 Å². The van der Waals surface area contributed by atoms with E-state index in [4.69, 9.17) is 0 Å². The number of amides is 2. The van der Waals surface area contributed by atoms with Gasteiger partial charge in [0.15, 0.2) is 5.82 Å². The second-order valence-electron chi connectivity index (χ2n) is 7.94. The van der Waals surface area contributed by atoms with E-state index in [2.05, 4.69) is 15.2 Å². The summed E-state index contributed by atoms with van der Waals surface area (Å²) in [5, 5.41) is 3.14. The molecule has 2 aliphatic rings. The van der Waals surface area contributed by atoms with E-state index in [0.717, 1.165) is 36.3 Å². The van der Waals surface area contributed by atoms with E-state index < -0.39 is 0 Å². The van der Waals surface area contributed by atoms with Crippen LogP contribution in [0.5, 0.6) is 0 Å². The van der Waals surface area contributed by atoms with Gasteiger partial charge in [-0.15, -0.1) is 0 Å². The van der Waals surface area contributed by atoms with Crippen molar-refractivity contribution in [3.05, 3.63) is 90.1 Å². The fourth-order valence-corrected chi connectivity index (χ4v) is 4.56. The molecule has 1 aromatic heterocycles. The van der Waals surface area contributed by atoms with E-state index >= 15 is 0 Å². The van der Waals surface area contributed by atoms with Crippen LogP contribution in [0.25, 0.3) is 0 Å². The first-order valence-electron chi connectivity index (χ1n) is 10.6. The molecule has 2 amide bonds. The largest absolute Gasteiger partial charge is 0.344 e. The molecule has 0 bridgehead atoms. The van der Waals surface area contributed by atoms with Crippen molar-refractivity contribution in [2.24, 2.45) is 0 Å². The van der Waals surface area contributed by atoms with Crippen LogP contribution in [0, 0.1) is 0 Å². The van der Waals surface area contributed by atoms with E-state index in [1.165, 1.54) is 0 Å². The van der Waals surface area contributed by atoms with Crippen LogP contribution >= 0.6 is 0 Å². The van der Waals surface area contributed by atoms with Crippen molar-refractivity contribution in [2.45, 2.75) is 24.9 Å². The predicted octanol–water partition coefficient (Wildman–Crippen LogP) is 3.30. The Morgan fingerprint density at radius 1 is 1.00 bits per heavy atom. The maximum absolute atomic E-state index is 13.2. The summed E-state index contributed by atoms with van der Waals surface area (Å²) in [7, 11) is 0. The Morgan fingerprint density at radius 2 is 1.68 bits per heavy atom. The first-order valence-corrected chi connectivity index (χ1v) is 10.6. The van der Waals surface area contributed by atoms with Crippen LogP contribution in [0.15, 0.2) is 79.0 Å². The van der Waals surface area contributed by atoms with Crippen molar-refractivity contribution in [3.63, 3.8) is 0 Å². The quantitative estimate of drug-likeness (QED) is 0.698. The minimum absolute atomic E-state index is 0.0240. The third-order valence-electron chi connectivity index (χ3n) is 6.01. The molecule has 6 heteroatoms. The Morgan fingerprint density at radius 3 is 2.35 bits per heavy atom. The lowest BCUT2D eigenvalue weighted by atomic mass is 9.98. The van der Waals surface area contributed by atoms with Gasteiger partial charge in [0.05, 0.1) is 11.7 Å².